The van der Waals surface area contributed by atoms with E-state index in [1.165, 1.54) is 23.8 Å². The number of allylic oxidation sites excluding steroid dienone is 1. The van der Waals surface area contributed by atoms with E-state index in [1.807, 2.05) is 18.2 Å². The number of hydrogen-bond donors (Lipinski definition) is 0. The van der Waals surface area contributed by atoms with Crippen LogP contribution in [0.1, 0.15) is 36.6 Å². The first kappa shape index (κ1) is 31.2. The summed E-state index contributed by atoms with van der Waals surface area (Å²) in [6, 6.07) is 14.7. The van der Waals surface area contributed by atoms with Crippen LogP contribution in [0.5, 0.6) is 17.2 Å². The van der Waals surface area contributed by atoms with Gasteiger partial charge < -0.3 is 14.2 Å². The van der Waals surface area contributed by atoms with Crippen molar-refractivity contribution in [3.63, 3.8) is 0 Å². The number of carbonyl (C=O) groups excluding carboxylic acids is 1. The SMILES string of the molecule is CCOC(=O)C1=C(C)N=c2s/c(=C/c3ccc(Oc4ccc(C(F)(F)F)cc4[N+](=O)[O-])c(OC)c3)c(=O)n2C1c1ccccc1. The highest BCUT2D eigenvalue weighted by Gasteiger charge is 2.34. The molecule has 0 N–H and O–H groups in total. The number of benzene rings is 3. The monoisotopic (exact) mass is 639 g/mol. The number of esters is 1. The first-order chi connectivity index (χ1) is 21.4. The van der Waals surface area contributed by atoms with Crippen molar-refractivity contribution in [2.75, 3.05) is 13.7 Å². The maximum Gasteiger partial charge on any atom is 0.416 e. The Morgan fingerprint density at radius 2 is 1.80 bits per heavy atom. The number of hydrogen-bond acceptors (Lipinski definition) is 9. The lowest BCUT2D eigenvalue weighted by Gasteiger charge is -2.24. The van der Waals surface area contributed by atoms with Crippen molar-refractivity contribution in [3.05, 3.63) is 124 Å². The van der Waals surface area contributed by atoms with E-state index in [0.717, 1.165) is 17.4 Å². The summed E-state index contributed by atoms with van der Waals surface area (Å²) in [4.78, 5) is 42.2. The fraction of sp³-hybridized carbons (Fsp3) is 0.194. The van der Waals surface area contributed by atoms with Crippen LogP contribution in [-0.4, -0.2) is 29.2 Å². The third-order valence-corrected chi connectivity index (χ3v) is 7.80. The van der Waals surface area contributed by atoms with Gasteiger partial charge >= 0.3 is 17.8 Å². The highest BCUT2D eigenvalue weighted by molar-refractivity contribution is 7.07. The molecule has 0 bridgehead atoms. The van der Waals surface area contributed by atoms with Crippen molar-refractivity contribution in [2.24, 2.45) is 4.99 Å². The van der Waals surface area contributed by atoms with Crippen LogP contribution in [0, 0.1) is 10.1 Å². The number of thiazole rings is 1. The number of ether oxygens (including phenoxy) is 3. The van der Waals surface area contributed by atoms with E-state index in [2.05, 4.69) is 4.99 Å². The summed E-state index contributed by atoms with van der Waals surface area (Å²) in [5.41, 5.74) is -0.598. The molecule has 0 aliphatic carbocycles. The number of rotatable bonds is 8. The van der Waals surface area contributed by atoms with Crippen molar-refractivity contribution in [2.45, 2.75) is 26.1 Å². The second-order valence-electron chi connectivity index (χ2n) is 9.66. The topological polar surface area (TPSA) is 122 Å². The molecule has 3 aromatic carbocycles. The second kappa shape index (κ2) is 12.4. The molecule has 1 aromatic heterocycles. The molecular weight excluding hydrogens is 615 g/mol. The summed E-state index contributed by atoms with van der Waals surface area (Å²) in [7, 11) is 1.32. The van der Waals surface area contributed by atoms with Crippen LogP contribution in [0.2, 0.25) is 0 Å². The minimum Gasteiger partial charge on any atom is -0.493 e. The predicted molar refractivity (Wildman–Crippen MR) is 158 cm³/mol. The Morgan fingerprint density at radius 1 is 1.09 bits per heavy atom. The lowest BCUT2D eigenvalue weighted by molar-refractivity contribution is -0.385. The number of methoxy groups -OCH3 is 1. The highest BCUT2D eigenvalue weighted by Crippen LogP contribution is 2.40. The lowest BCUT2D eigenvalue weighted by atomic mass is 9.96. The molecule has 0 saturated carbocycles. The molecule has 5 rings (SSSR count). The van der Waals surface area contributed by atoms with Gasteiger partial charge in [0.1, 0.15) is 0 Å². The van der Waals surface area contributed by atoms with Gasteiger partial charge in [-0.3, -0.25) is 19.5 Å². The lowest BCUT2D eigenvalue weighted by Crippen LogP contribution is -2.39. The molecular formula is C31H24F3N3O7S. The van der Waals surface area contributed by atoms with Crippen LogP contribution in [-0.2, 0) is 15.7 Å². The van der Waals surface area contributed by atoms with Crippen molar-refractivity contribution in [3.8, 4) is 17.2 Å². The molecule has 0 amide bonds. The molecule has 0 radical (unpaired) electrons. The van der Waals surface area contributed by atoms with Crippen molar-refractivity contribution < 1.29 is 37.1 Å². The largest absolute Gasteiger partial charge is 0.493 e. The molecule has 1 unspecified atom stereocenters. The maximum atomic E-state index is 13.8. The van der Waals surface area contributed by atoms with Gasteiger partial charge in [0.25, 0.3) is 5.56 Å². The minimum atomic E-state index is -4.78. The van der Waals surface area contributed by atoms with E-state index < -0.39 is 45.7 Å². The minimum absolute atomic E-state index is 0.00208. The Balaban J connectivity index is 1.56. The summed E-state index contributed by atoms with van der Waals surface area (Å²) >= 11 is 1.12. The van der Waals surface area contributed by atoms with Gasteiger partial charge in [0.05, 0.1) is 46.0 Å². The van der Waals surface area contributed by atoms with Gasteiger partial charge in [-0.05, 0) is 55.3 Å². The van der Waals surface area contributed by atoms with Gasteiger partial charge in [-0.15, -0.1) is 0 Å². The first-order valence-corrected chi connectivity index (χ1v) is 14.2. The van der Waals surface area contributed by atoms with E-state index in [4.69, 9.17) is 14.2 Å². The van der Waals surface area contributed by atoms with Crippen molar-refractivity contribution in [1.82, 2.24) is 4.57 Å². The summed E-state index contributed by atoms with van der Waals surface area (Å²) in [5.74, 6) is -0.886. The molecule has 4 aromatic rings. The average molecular weight is 640 g/mol. The van der Waals surface area contributed by atoms with E-state index in [-0.39, 0.29) is 23.7 Å². The van der Waals surface area contributed by atoms with Gasteiger partial charge in [0.2, 0.25) is 5.75 Å². The first-order valence-electron chi connectivity index (χ1n) is 13.4. The zero-order valence-corrected chi connectivity index (χ0v) is 24.8. The molecule has 232 valence electrons. The van der Waals surface area contributed by atoms with Crippen LogP contribution < -0.4 is 24.4 Å². The molecule has 2 heterocycles. The Bertz CT molecular complexity index is 2020. The predicted octanol–water partition coefficient (Wildman–Crippen LogP) is 5.53. The molecule has 45 heavy (non-hydrogen) atoms. The normalized spacial score (nSPS) is 14.9. The molecule has 1 aliphatic rings. The molecule has 1 aliphatic heterocycles. The summed E-state index contributed by atoms with van der Waals surface area (Å²) < 4.78 is 57.4. The number of nitrogens with zero attached hydrogens (tertiary/aromatic N) is 3. The Morgan fingerprint density at radius 3 is 2.44 bits per heavy atom. The Labute approximate surface area is 257 Å². The molecule has 1 atom stereocenters. The van der Waals surface area contributed by atoms with Gasteiger partial charge in [0.15, 0.2) is 16.3 Å². The number of aromatic nitrogens is 1. The van der Waals surface area contributed by atoms with Crippen LogP contribution in [0.15, 0.2) is 87.8 Å². The van der Waals surface area contributed by atoms with Crippen molar-refractivity contribution in [1.29, 1.82) is 0 Å². The summed E-state index contributed by atoms with van der Waals surface area (Å²) in [5, 5.41) is 11.5. The molecule has 14 heteroatoms. The zero-order chi connectivity index (χ0) is 32.5. The van der Waals surface area contributed by atoms with E-state index in [1.54, 1.807) is 38.1 Å². The third-order valence-electron chi connectivity index (χ3n) is 6.82. The maximum absolute atomic E-state index is 13.8. The van der Waals surface area contributed by atoms with Gasteiger partial charge in [-0.25, -0.2) is 9.79 Å². The van der Waals surface area contributed by atoms with Crippen LogP contribution in [0.25, 0.3) is 6.08 Å². The van der Waals surface area contributed by atoms with Gasteiger partial charge in [-0.1, -0.05) is 47.7 Å². The Hall–Kier alpha value is -5.24. The fourth-order valence-electron chi connectivity index (χ4n) is 4.79. The smallest absolute Gasteiger partial charge is 0.416 e. The Kier molecular flexibility index (Phi) is 8.60. The van der Waals surface area contributed by atoms with E-state index >= 15 is 0 Å². The summed E-state index contributed by atoms with van der Waals surface area (Å²) in [6.45, 7) is 3.52. The molecule has 0 fully saturated rings. The van der Waals surface area contributed by atoms with Gasteiger partial charge in [-0.2, -0.15) is 13.2 Å². The quantitative estimate of drug-likeness (QED) is 0.141. The highest BCUT2D eigenvalue weighted by atomic mass is 32.1. The van der Waals surface area contributed by atoms with E-state index in [9.17, 15) is 32.9 Å². The summed E-state index contributed by atoms with van der Waals surface area (Å²) in [6.07, 6.45) is -3.19. The fourth-order valence-corrected chi connectivity index (χ4v) is 5.84. The van der Waals surface area contributed by atoms with Crippen LogP contribution in [0.4, 0.5) is 18.9 Å². The number of alkyl halides is 3. The van der Waals surface area contributed by atoms with Crippen LogP contribution in [0.3, 0.4) is 0 Å². The number of halogens is 3. The number of nitro benzene ring substituents is 1. The number of fused-ring (bicyclic) bond motifs is 1. The standard InChI is InChI=1S/C31H24F3N3O7S/c1-4-43-29(39)26-17(2)35-30-36(27(26)19-8-6-5-7-9-19)28(38)25(45-30)15-18-10-12-23(24(14-18)42-3)44-22-13-11-20(31(32,33)34)16-21(22)37(40)41/h5-16,27H,4H2,1-3H3/b25-15+. The van der Waals surface area contributed by atoms with Gasteiger partial charge in [0, 0.05) is 6.07 Å². The van der Waals surface area contributed by atoms with Crippen molar-refractivity contribution >= 4 is 29.1 Å². The molecule has 0 saturated heterocycles. The molecule has 10 nitrogen and oxygen atoms in total. The average Bonchev–Trinajstić information content (AvgIpc) is 3.30. The number of nitro groups is 1. The second-order valence-corrected chi connectivity index (χ2v) is 10.7. The number of carbonyl (C=O) groups is 1. The zero-order valence-electron chi connectivity index (χ0n) is 24.0. The van der Waals surface area contributed by atoms with Crippen LogP contribution >= 0.6 is 11.3 Å². The molecule has 0 spiro atoms. The van der Waals surface area contributed by atoms with E-state index in [0.29, 0.717) is 38.3 Å². The third kappa shape index (κ3) is 6.22.